The van der Waals surface area contributed by atoms with Crippen molar-refractivity contribution < 1.29 is 17.9 Å². The van der Waals surface area contributed by atoms with Crippen molar-refractivity contribution >= 4 is 26.0 Å². The molecule has 1 atom stereocenters. The van der Waals surface area contributed by atoms with Gasteiger partial charge in [-0.2, -0.15) is 0 Å². The molecule has 0 fully saturated rings. The number of benzene rings is 2. The lowest BCUT2D eigenvalue weighted by Crippen LogP contribution is -2.27. The molecule has 0 heterocycles. The summed E-state index contributed by atoms with van der Waals surface area (Å²) in [4.78, 5) is 0.140. The van der Waals surface area contributed by atoms with Crippen LogP contribution in [0.15, 0.2) is 51.8 Å². The first kappa shape index (κ1) is 19.8. The van der Waals surface area contributed by atoms with Gasteiger partial charge in [0, 0.05) is 16.6 Å². The molecule has 0 aromatic heterocycles. The van der Waals surface area contributed by atoms with Crippen LogP contribution in [0.2, 0.25) is 0 Å². The molecule has 136 valence electrons. The minimum Gasteiger partial charge on any atom is -0.490 e. The van der Waals surface area contributed by atoms with Crippen molar-refractivity contribution in [3.05, 3.63) is 52.5 Å². The molecular formula is C18H22BrNO4S. The molecule has 2 aromatic rings. The number of rotatable bonds is 8. The van der Waals surface area contributed by atoms with Gasteiger partial charge >= 0.3 is 0 Å². The highest BCUT2D eigenvalue weighted by Gasteiger charge is 2.20. The zero-order chi connectivity index (χ0) is 18.4. The third kappa shape index (κ3) is 5.20. The molecule has 0 radical (unpaired) electrons. The van der Waals surface area contributed by atoms with Gasteiger partial charge in [0.2, 0.25) is 10.0 Å². The number of hydrogen-bond donors (Lipinski definition) is 1. The zero-order valence-electron chi connectivity index (χ0n) is 14.5. The predicted octanol–water partition coefficient (Wildman–Crippen LogP) is 4.29. The average molecular weight is 428 g/mol. The summed E-state index contributed by atoms with van der Waals surface area (Å²) < 4.78 is 40.0. The Morgan fingerprint density at radius 1 is 1.04 bits per heavy atom. The van der Waals surface area contributed by atoms with Crippen LogP contribution in [0.4, 0.5) is 0 Å². The number of hydrogen-bond acceptors (Lipinski definition) is 4. The Kier molecular flexibility index (Phi) is 6.87. The Balaban J connectivity index is 2.27. The highest BCUT2D eigenvalue weighted by molar-refractivity contribution is 9.10. The van der Waals surface area contributed by atoms with E-state index in [9.17, 15) is 8.42 Å². The molecular weight excluding hydrogens is 406 g/mol. The van der Waals surface area contributed by atoms with E-state index in [-0.39, 0.29) is 10.9 Å². The van der Waals surface area contributed by atoms with Gasteiger partial charge in [0.15, 0.2) is 11.5 Å². The van der Waals surface area contributed by atoms with Crippen LogP contribution in [0.3, 0.4) is 0 Å². The quantitative estimate of drug-likeness (QED) is 0.682. The fourth-order valence-electron chi connectivity index (χ4n) is 2.34. The maximum Gasteiger partial charge on any atom is 0.241 e. The summed E-state index contributed by atoms with van der Waals surface area (Å²) in [5.41, 5.74) is 0.869. The highest BCUT2D eigenvalue weighted by Crippen LogP contribution is 2.31. The van der Waals surface area contributed by atoms with Gasteiger partial charge in [-0.25, -0.2) is 13.1 Å². The first-order valence-electron chi connectivity index (χ1n) is 8.04. The van der Waals surface area contributed by atoms with E-state index in [0.29, 0.717) is 24.7 Å². The maximum absolute atomic E-state index is 12.7. The summed E-state index contributed by atoms with van der Waals surface area (Å²) in [7, 11) is -3.69. The van der Waals surface area contributed by atoms with Gasteiger partial charge in [0.25, 0.3) is 0 Å². The van der Waals surface area contributed by atoms with Crippen LogP contribution < -0.4 is 14.2 Å². The molecule has 2 aromatic carbocycles. The summed E-state index contributed by atoms with van der Waals surface area (Å²) in [6.45, 7) is 6.40. The van der Waals surface area contributed by atoms with Crippen LogP contribution in [0.5, 0.6) is 11.5 Å². The summed E-state index contributed by atoms with van der Waals surface area (Å²) in [6.07, 6.45) is 0. The summed E-state index contributed by atoms with van der Waals surface area (Å²) in [5, 5.41) is 0. The summed E-state index contributed by atoms with van der Waals surface area (Å²) in [5.74, 6) is 0.950. The predicted molar refractivity (Wildman–Crippen MR) is 102 cm³/mol. The van der Waals surface area contributed by atoms with Gasteiger partial charge in [0.05, 0.1) is 18.1 Å². The molecule has 0 bridgehead atoms. The molecule has 0 aliphatic rings. The molecule has 0 aliphatic heterocycles. The van der Waals surface area contributed by atoms with Crippen molar-refractivity contribution in [1.29, 1.82) is 0 Å². The summed E-state index contributed by atoms with van der Waals surface area (Å²) in [6, 6.07) is 11.8. The minimum absolute atomic E-state index is 0.140. The molecule has 25 heavy (non-hydrogen) atoms. The van der Waals surface area contributed by atoms with Gasteiger partial charge in [-0.05, 0) is 50.6 Å². The fraction of sp³-hybridized carbons (Fsp3) is 0.333. The average Bonchev–Trinajstić information content (AvgIpc) is 2.56. The second kappa shape index (κ2) is 8.69. The van der Waals surface area contributed by atoms with Crippen LogP contribution in [0.25, 0.3) is 0 Å². The Hall–Kier alpha value is -1.57. The standard InChI is InChI=1S/C18H22BrNO4S/c1-4-23-17-10-9-16(12-18(17)24-5-2)25(21,22)20-13(3)14-7-6-8-15(19)11-14/h6-13,20H,4-5H2,1-3H3. The molecule has 2 rings (SSSR count). The Bertz CT molecular complexity index is 824. The molecule has 0 spiro atoms. The lowest BCUT2D eigenvalue weighted by Gasteiger charge is -2.16. The number of ether oxygens (including phenoxy) is 2. The highest BCUT2D eigenvalue weighted by atomic mass is 79.9. The molecule has 5 nitrogen and oxygen atoms in total. The lowest BCUT2D eigenvalue weighted by atomic mass is 10.1. The van der Waals surface area contributed by atoms with Crippen molar-refractivity contribution in [2.45, 2.75) is 31.7 Å². The van der Waals surface area contributed by atoms with Crippen LogP contribution in [0.1, 0.15) is 32.4 Å². The molecule has 1 N–H and O–H groups in total. The van der Waals surface area contributed by atoms with Gasteiger partial charge in [-0.3, -0.25) is 0 Å². The van der Waals surface area contributed by atoms with E-state index >= 15 is 0 Å². The van der Waals surface area contributed by atoms with E-state index < -0.39 is 10.0 Å². The number of sulfonamides is 1. The Labute approximate surface area is 157 Å². The zero-order valence-corrected chi connectivity index (χ0v) is 16.9. The van der Waals surface area contributed by atoms with E-state index in [1.807, 2.05) is 38.1 Å². The van der Waals surface area contributed by atoms with Crippen molar-refractivity contribution in [2.24, 2.45) is 0 Å². The molecule has 0 saturated carbocycles. The van der Waals surface area contributed by atoms with E-state index in [0.717, 1.165) is 10.0 Å². The normalized spacial score (nSPS) is 12.6. The lowest BCUT2D eigenvalue weighted by molar-refractivity contribution is 0.287. The van der Waals surface area contributed by atoms with E-state index in [4.69, 9.17) is 9.47 Å². The molecule has 0 amide bonds. The molecule has 0 aliphatic carbocycles. The Morgan fingerprint density at radius 2 is 1.72 bits per heavy atom. The van der Waals surface area contributed by atoms with E-state index in [2.05, 4.69) is 20.7 Å². The van der Waals surface area contributed by atoms with Crippen molar-refractivity contribution in [3.63, 3.8) is 0 Å². The van der Waals surface area contributed by atoms with Crippen LogP contribution in [-0.2, 0) is 10.0 Å². The fourth-order valence-corrected chi connectivity index (χ4v) is 4.01. The van der Waals surface area contributed by atoms with Crippen molar-refractivity contribution in [2.75, 3.05) is 13.2 Å². The second-order valence-corrected chi connectivity index (χ2v) is 8.00. The van der Waals surface area contributed by atoms with Crippen molar-refractivity contribution in [1.82, 2.24) is 4.72 Å². The van der Waals surface area contributed by atoms with Gasteiger partial charge in [-0.15, -0.1) is 0 Å². The second-order valence-electron chi connectivity index (χ2n) is 5.37. The molecule has 0 saturated heterocycles. The van der Waals surface area contributed by atoms with Crippen LogP contribution >= 0.6 is 15.9 Å². The molecule has 1 unspecified atom stereocenters. The third-order valence-corrected chi connectivity index (χ3v) is 5.54. The monoisotopic (exact) mass is 427 g/mol. The number of nitrogens with one attached hydrogen (secondary N) is 1. The summed E-state index contributed by atoms with van der Waals surface area (Å²) >= 11 is 3.40. The van der Waals surface area contributed by atoms with Crippen molar-refractivity contribution in [3.8, 4) is 11.5 Å². The Morgan fingerprint density at radius 3 is 2.36 bits per heavy atom. The molecule has 7 heteroatoms. The van der Waals surface area contributed by atoms with E-state index in [1.165, 1.54) is 12.1 Å². The first-order chi connectivity index (χ1) is 11.9. The van der Waals surface area contributed by atoms with Gasteiger partial charge in [0.1, 0.15) is 0 Å². The largest absolute Gasteiger partial charge is 0.490 e. The van der Waals surface area contributed by atoms with Gasteiger partial charge in [-0.1, -0.05) is 28.1 Å². The van der Waals surface area contributed by atoms with Crippen LogP contribution in [0, 0.1) is 0 Å². The smallest absolute Gasteiger partial charge is 0.241 e. The number of halogens is 1. The van der Waals surface area contributed by atoms with E-state index in [1.54, 1.807) is 13.0 Å². The van der Waals surface area contributed by atoms with Crippen LogP contribution in [-0.4, -0.2) is 21.6 Å². The topological polar surface area (TPSA) is 64.6 Å². The first-order valence-corrected chi connectivity index (χ1v) is 10.3. The SMILES string of the molecule is CCOc1ccc(S(=O)(=O)NC(C)c2cccc(Br)c2)cc1OCC. The van der Waals surface area contributed by atoms with Gasteiger partial charge < -0.3 is 9.47 Å². The maximum atomic E-state index is 12.7. The minimum atomic E-state index is -3.69. The third-order valence-electron chi connectivity index (χ3n) is 3.51.